The first-order valence-electron chi connectivity index (χ1n) is 5.47. The molecule has 0 amide bonds. The van der Waals surface area contributed by atoms with Crippen LogP contribution in [0.3, 0.4) is 0 Å². The highest BCUT2D eigenvalue weighted by atomic mass is 79.9. The van der Waals surface area contributed by atoms with Crippen LogP contribution in [0.15, 0.2) is 40.2 Å². The lowest BCUT2D eigenvalue weighted by Gasteiger charge is -2.12. The zero-order valence-electron chi connectivity index (χ0n) is 9.84. The number of rotatable bonds is 3. The summed E-state index contributed by atoms with van der Waals surface area (Å²) in [5.74, 6) is 0.992. The van der Waals surface area contributed by atoms with Crippen LogP contribution in [0.1, 0.15) is 18.3 Å². The largest absolute Gasteiger partial charge is 0.409 e. The summed E-state index contributed by atoms with van der Waals surface area (Å²) in [4.78, 5) is 4.27. The molecule has 2 aromatic rings. The minimum Gasteiger partial charge on any atom is -0.409 e. The maximum atomic E-state index is 8.85. The molecule has 0 radical (unpaired) electrons. The van der Waals surface area contributed by atoms with E-state index in [0.717, 1.165) is 22.4 Å². The quantitative estimate of drug-likeness (QED) is 0.395. The Bertz CT molecular complexity index is 592. The van der Waals surface area contributed by atoms with Gasteiger partial charge < -0.3 is 15.5 Å². The molecule has 0 saturated carbocycles. The number of benzene rings is 1. The zero-order valence-corrected chi connectivity index (χ0v) is 11.4. The molecule has 0 atom stereocenters. The first kappa shape index (κ1) is 12.6. The van der Waals surface area contributed by atoms with Crippen LogP contribution in [0.2, 0.25) is 0 Å². The molecule has 94 valence electrons. The van der Waals surface area contributed by atoms with Crippen LogP contribution in [0, 0.1) is 0 Å². The summed E-state index contributed by atoms with van der Waals surface area (Å²) >= 11 is 3.38. The lowest BCUT2D eigenvalue weighted by atomic mass is 10.1. The van der Waals surface area contributed by atoms with Crippen molar-refractivity contribution in [3.8, 4) is 5.69 Å². The zero-order chi connectivity index (χ0) is 13.1. The van der Waals surface area contributed by atoms with Crippen LogP contribution in [-0.4, -0.2) is 20.6 Å². The average molecular weight is 309 g/mol. The number of hydrogen-bond donors (Lipinski definition) is 2. The highest BCUT2D eigenvalue weighted by Gasteiger charge is 2.12. The van der Waals surface area contributed by atoms with Gasteiger partial charge in [0.2, 0.25) is 0 Å². The third kappa shape index (κ3) is 2.24. The Hall–Kier alpha value is -1.82. The van der Waals surface area contributed by atoms with Gasteiger partial charge in [-0.25, -0.2) is 4.98 Å². The Kier molecular flexibility index (Phi) is 3.66. The van der Waals surface area contributed by atoms with E-state index in [4.69, 9.17) is 10.9 Å². The summed E-state index contributed by atoms with van der Waals surface area (Å²) in [6.07, 6.45) is 4.39. The van der Waals surface area contributed by atoms with Crippen molar-refractivity contribution < 1.29 is 5.21 Å². The van der Waals surface area contributed by atoms with E-state index >= 15 is 0 Å². The number of aryl methyl sites for hydroxylation is 1. The number of amidine groups is 1. The fraction of sp³-hybridized carbons (Fsp3) is 0.167. The molecule has 0 bridgehead atoms. The van der Waals surface area contributed by atoms with Gasteiger partial charge in [-0.15, -0.1) is 0 Å². The van der Waals surface area contributed by atoms with Crippen molar-refractivity contribution in [1.29, 1.82) is 0 Å². The van der Waals surface area contributed by atoms with Gasteiger partial charge in [-0.2, -0.15) is 0 Å². The number of hydrogen-bond acceptors (Lipinski definition) is 3. The highest BCUT2D eigenvalue weighted by Crippen LogP contribution is 2.21. The number of nitrogens with two attached hydrogens (primary N) is 1. The van der Waals surface area contributed by atoms with Gasteiger partial charge in [0.15, 0.2) is 5.84 Å². The Labute approximate surface area is 113 Å². The lowest BCUT2D eigenvalue weighted by Crippen LogP contribution is -2.17. The van der Waals surface area contributed by atoms with Crippen molar-refractivity contribution in [3.05, 3.63) is 46.5 Å². The van der Waals surface area contributed by atoms with Gasteiger partial charge in [0, 0.05) is 28.9 Å². The van der Waals surface area contributed by atoms with Crippen molar-refractivity contribution in [2.75, 3.05) is 0 Å². The second-order valence-corrected chi connectivity index (χ2v) is 4.63. The van der Waals surface area contributed by atoms with Gasteiger partial charge in [0.1, 0.15) is 5.82 Å². The second kappa shape index (κ2) is 5.22. The summed E-state index contributed by atoms with van der Waals surface area (Å²) in [6, 6.07) is 5.62. The van der Waals surface area contributed by atoms with Crippen molar-refractivity contribution in [1.82, 2.24) is 9.55 Å². The monoisotopic (exact) mass is 308 g/mol. The Morgan fingerprint density at radius 2 is 2.33 bits per heavy atom. The Morgan fingerprint density at radius 3 is 3.00 bits per heavy atom. The molecule has 0 unspecified atom stereocenters. The molecule has 0 aliphatic heterocycles. The molecule has 3 N–H and O–H groups in total. The second-order valence-electron chi connectivity index (χ2n) is 3.71. The molecular weight excluding hydrogens is 296 g/mol. The summed E-state index contributed by atoms with van der Waals surface area (Å²) in [7, 11) is 0. The van der Waals surface area contributed by atoms with Crippen LogP contribution in [0.5, 0.6) is 0 Å². The van der Waals surface area contributed by atoms with E-state index in [0.29, 0.717) is 5.56 Å². The number of oxime groups is 1. The maximum absolute atomic E-state index is 8.85. The van der Waals surface area contributed by atoms with Gasteiger partial charge in [0.05, 0.1) is 5.69 Å². The summed E-state index contributed by atoms with van der Waals surface area (Å²) in [5, 5.41) is 11.9. The molecular formula is C12H13BrN4O. The molecule has 0 aliphatic carbocycles. The average Bonchev–Trinajstić information content (AvgIpc) is 2.85. The van der Waals surface area contributed by atoms with E-state index in [2.05, 4.69) is 26.1 Å². The van der Waals surface area contributed by atoms with E-state index in [1.807, 2.05) is 35.9 Å². The Balaban J connectivity index is 2.64. The van der Waals surface area contributed by atoms with E-state index < -0.39 is 0 Å². The summed E-state index contributed by atoms with van der Waals surface area (Å²) in [6.45, 7) is 2.03. The molecule has 2 rings (SSSR count). The molecule has 1 aromatic carbocycles. The van der Waals surface area contributed by atoms with Crippen LogP contribution in [0.25, 0.3) is 5.69 Å². The number of aromatic nitrogens is 2. The highest BCUT2D eigenvalue weighted by molar-refractivity contribution is 9.10. The van der Waals surface area contributed by atoms with Gasteiger partial charge in [-0.1, -0.05) is 28.0 Å². The van der Waals surface area contributed by atoms with Gasteiger partial charge >= 0.3 is 0 Å². The molecule has 6 heteroatoms. The van der Waals surface area contributed by atoms with E-state index in [-0.39, 0.29) is 5.84 Å². The standard InChI is InChI=1S/C12H13BrN4O/c1-2-11-15-5-6-17(11)10-4-3-8(13)7-9(10)12(14)16-18/h3-7,18H,2H2,1H3,(H2,14,16). The topological polar surface area (TPSA) is 76.4 Å². The molecule has 18 heavy (non-hydrogen) atoms. The third-order valence-electron chi connectivity index (χ3n) is 2.64. The molecule has 1 heterocycles. The van der Waals surface area contributed by atoms with Crippen LogP contribution >= 0.6 is 15.9 Å². The molecule has 5 nitrogen and oxygen atoms in total. The Morgan fingerprint density at radius 1 is 1.56 bits per heavy atom. The predicted molar refractivity (Wildman–Crippen MR) is 73.2 cm³/mol. The number of imidazole rings is 1. The molecule has 0 aliphatic rings. The van der Waals surface area contributed by atoms with E-state index in [1.165, 1.54) is 0 Å². The SMILES string of the molecule is CCc1nccn1-c1ccc(Br)cc1/C(N)=N/O. The number of nitrogens with zero attached hydrogens (tertiary/aromatic N) is 3. The van der Waals surface area contributed by atoms with Gasteiger partial charge in [-0.05, 0) is 18.2 Å². The van der Waals surface area contributed by atoms with Gasteiger partial charge in [0.25, 0.3) is 0 Å². The smallest absolute Gasteiger partial charge is 0.172 e. The first-order valence-corrected chi connectivity index (χ1v) is 6.26. The predicted octanol–water partition coefficient (Wildman–Crippen LogP) is 2.29. The third-order valence-corrected chi connectivity index (χ3v) is 3.13. The molecule has 0 fully saturated rings. The molecule has 0 saturated heterocycles. The molecule has 1 aromatic heterocycles. The molecule has 0 spiro atoms. The minimum atomic E-state index is 0.0713. The normalized spacial score (nSPS) is 11.8. The first-order chi connectivity index (χ1) is 8.67. The fourth-order valence-electron chi connectivity index (χ4n) is 1.79. The van der Waals surface area contributed by atoms with Crippen LogP contribution < -0.4 is 5.73 Å². The van der Waals surface area contributed by atoms with E-state index in [1.54, 1.807) is 6.20 Å². The fourth-order valence-corrected chi connectivity index (χ4v) is 2.15. The van der Waals surface area contributed by atoms with E-state index in [9.17, 15) is 0 Å². The summed E-state index contributed by atoms with van der Waals surface area (Å²) < 4.78 is 2.80. The number of halogens is 1. The van der Waals surface area contributed by atoms with Crippen molar-refractivity contribution in [3.63, 3.8) is 0 Å². The van der Waals surface area contributed by atoms with Gasteiger partial charge in [-0.3, -0.25) is 0 Å². The van der Waals surface area contributed by atoms with Crippen molar-refractivity contribution >= 4 is 21.8 Å². The van der Waals surface area contributed by atoms with Crippen molar-refractivity contribution in [2.24, 2.45) is 10.9 Å². The van der Waals surface area contributed by atoms with Crippen molar-refractivity contribution in [2.45, 2.75) is 13.3 Å². The van der Waals surface area contributed by atoms with Crippen LogP contribution in [0.4, 0.5) is 0 Å². The maximum Gasteiger partial charge on any atom is 0.172 e. The lowest BCUT2D eigenvalue weighted by molar-refractivity contribution is 0.318. The van der Waals surface area contributed by atoms with Crippen LogP contribution in [-0.2, 0) is 6.42 Å². The minimum absolute atomic E-state index is 0.0713. The summed E-state index contributed by atoms with van der Waals surface area (Å²) in [5.41, 5.74) is 7.20.